The Balaban J connectivity index is 2.09. The molecule has 0 saturated carbocycles. The van der Waals surface area contributed by atoms with Crippen LogP contribution in [0.2, 0.25) is 0 Å². The first-order chi connectivity index (χ1) is 7.84. The molecule has 1 aromatic rings. The van der Waals surface area contributed by atoms with Crippen LogP contribution in [0.5, 0.6) is 0 Å². The molecule has 0 bridgehead atoms. The van der Waals surface area contributed by atoms with E-state index in [0.717, 1.165) is 31.5 Å². The highest BCUT2D eigenvalue weighted by Crippen LogP contribution is 2.08. The lowest BCUT2D eigenvalue weighted by atomic mass is 10.1. The predicted octanol–water partition coefficient (Wildman–Crippen LogP) is 2.28. The van der Waals surface area contributed by atoms with Gasteiger partial charge in [0.2, 0.25) is 0 Å². The largest absolute Gasteiger partial charge is 0.396 e. The van der Waals surface area contributed by atoms with Gasteiger partial charge in [0.1, 0.15) is 0 Å². The van der Waals surface area contributed by atoms with Crippen LogP contribution in [-0.2, 0) is 0 Å². The lowest BCUT2D eigenvalue weighted by Crippen LogP contribution is -2.20. The van der Waals surface area contributed by atoms with E-state index in [9.17, 15) is 0 Å². The molecule has 0 fully saturated rings. The summed E-state index contributed by atoms with van der Waals surface area (Å²) in [7, 11) is 0. The van der Waals surface area contributed by atoms with E-state index in [1.165, 1.54) is 6.42 Å². The Hall–Kier alpha value is -0.930. The molecule has 0 amide bonds. The summed E-state index contributed by atoms with van der Waals surface area (Å²) in [6, 6.07) is 6.31. The minimum absolute atomic E-state index is 0.317. The average molecular weight is 222 g/mol. The first kappa shape index (κ1) is 13.1. The van der Waals surface area contributed by atoms with Crippen LogP contribution in [0.25, 0.3) is 0 Å². The maximum atomic E-state index is 8.64. The zero-order chi connectivity index (χ0) is 11.6. The second-order valence-corrected chi connectivity index (χ2v) is 4.07. The molecule has 0 spiro atoms. The van der Waals surface area contributed by atoms with Gasteiger partial charge in [-0.25, -0.2) is 0 Å². The van der Waals surface area contributed by atoms with Gasteiger partial charge in [-0.1, -0.05) is 18.9 Å². The fourth-order valence-electron chi connectivity index (χ4n) is 1.65. The molecule has 0 radical (unpaired) electrons. The summed E-state index contributed by atoms with van der Waals surface area (Å²) in [5.74, 6) is 0. The Kier molecular flexibility index (Phi) is 6.77. The summed E-state index contributed by atoms with van der Waals surface area (Å²) in [4.78, 5) is 4.31. The van der Waals surface area contributed by atoms with Crippen molar-refractivity contribution in [2.75, 3.05) is 13.2 Å². The standard InChI is InChI=1S/C13H22N2O/c1-12(13-8-4-6-10-15-13)14-9-5-2-3-7-11-16/h4,6,8,10,12,14,16H,2-3,5,7,9,11H2,1H3. The van der Waals surface area contributed by atoms with Gasteiger partial charge in [0.05, 0.1) is 5.69 Å². The third-order valence-electron chi connectivity index (χ3n) is 2.67. The summed E-state index contributed by atoms with van der Waals surface area (Å²) in [5, 5.41) is 12.1. The summed E-state index contributed by atoms with van der Waals surface area (Å²) in [5.41, 5.74) is 1.10. The van der Waals surface area contributed by atoms with Crippen LogP contribution in [-0.4, -0.2) is 23.2 Å². The molecule has 2 N–H and O–H groups in total. The molecule has 0 aromatic carbocycles. The highest BCUT2D eigenvalue weighted by molar-refractivity contribution is 5.07. The molecule has 0 aliphatic rings. The van der Waals surface area contributed by atoms with Crippen molar-refractivity contribution in [2.45, 2.75) is 38.6 Å². The highest BCUT2D eigenvalue weighted by atomic mass is 16.2. The summed E-state index contributed by atoms with van der Waals surface area (Å²) < 4.78 is 0. The molecule has 0 aliphatic heterocycles. The molecule has 1 unspecified atom stereocenters. The van der Waals surface area contributed by atoms with E-state index in [-0.39, 0.29) is 0 Å². The average Bonchev–Trinajstić information content (AvgIpc) is 2.34. The first-order valence-electron chi connectivity index (χ1n) is 6.09. The number of aliphatic hydroxyl groups excluding tert-OH is 1. The van der Waals surface area contributed by atoms with Crippen LogP contribution in [0.4, 0.5) is 0 Å². The molecule has 1 aromatic heterocycles. The second kappa shape index (κ2) is 8.25. The topological polar surface area (TPSA) is 45.1 Å². The number of nitrogens with zero attached hydrogens (tertiary/aromatic N) is 1. The molecule has 3 nitrogen and oxygen atoms in total. The van der Waals surface area contributed by atoms with Gasteiger partial charge in [-0.15, -0.1) is 0 Å². The summed E-state index contributed by atoms with van der Waals surface area (Å²) >= 11 is 0. The van der Waals surface area contributed by atoms with Crippen LogP contribution in [0, 0.1) is 0 Å². The first-order valence-corrected chi connectivity index (χ1v) is 6.09. The zero-order valence-corrected chi connectivity index (χ0v) is 10.0. The Morgan fingerprint density at radius 3 is 2.75 bits per heavy atom. The lowest BCUT2D eigenvalue weighted by molar-refractivity contribution is 0.282. The number of rotatable bonds is 8. The van der Waals surface area contributed by atoms with Crippen LogP contribution < -0.4 is 5.32 Å². The van der Waals surface area contributed by atoms with Gasteiger partial charge in [-0.05, 0) is 38.4 Å². The number of aliphatic hydroxyl groups is 1. The second-order valence-electron chi connectivity index (χ2n) is 4.07. The van der Waals surface area contributed by atoms with Crippen LogP contribution in [0.15, 0.2) is 24.4 Å². The third-order valence-corrected chi connectivity index (χ3v) is 2.67. The van der Waals surface area contributed by atoms with E-state index in [4.69, 9.17) is 5.11 Å². The minimum Gasteiger partial charge on any atom is -0.396 e. The maximum absolute atomic E-state index is 8.64. The molecular weight excluding hydrogens is 200 g/mol. The van der Waals surface area contributed by atoms with E-state index >= 15 is 0 Å². The Morgan fingerprint density at radius 1 is 1.25 bits per heavy atom. The van der Waals surface area contributed by atoms with Crippen LogP contribution >= 0.6 is 0 Å². The van der Waals surface area contributed by atoms with Gasteiger partial charge in [0, 0.05) is 18.8 Å². The molecule has 1 rings (SSSR count). The van der Waals surface area contributed by atoms with Crippen molar-refractivity contribution in [1.82, 2.24) is 10.3 Å². The van der Waals surface area contributed by atoms with Crippen LogP contribution in [0.3, 0.4) is 0 Å². The van der Waals surface area contributed by atoms with E-state index in [2.05, 4.69) is 17.2 Å². The predicted molar refractivity (Wildman–Crippen MR) is 66.2 cm³/mol. The van der Waals surface area contributed by atoms with Gasteiger partial charge in [0.15, 0.2) is 0 Å². The van der Waals surface area contributed by atoms with Gasteiger partial charge in [-0.2, -0.15) is 0 Å². The number of nitrogens with one attached hydrogen (secondary N) is 1. The molecule has 16 heavy (non-hydrogen) atoms. The van der Waals surface area contributed by atoms with Gasteiger partial charge < -0.3 is 10.4 Å². The van der Waals surface area contributed by atoms with Gasteiger partial charge in [0.25, 0.3) is 0 Å². The minimum atomic E-state index is 0.317. The van der Waals surface area contributed by atoms with E-state index in [1.807, 2.05) is 24.4 Å². The van der Waals surface area contributed by atoms with E-state index in [1.54, 1.807) is 0 Å². The molecule has 0 aliphatic carbocycles. The fraction of sp³-hybridized carbons (Fsp3) is 0.615. The number of hydrogen-bond acceptors (Lipinski definition) is 3. The van der Waals surface area contributed by atoms with E-state index in [0.29, 0.717) is 12.6 Å². The number of aromatic nitrogens is 1. The smallest absolute Gasteiger partial charge is 0.0570 e. The van der Waals surface area contributed by atoms with Crippen LogP contribution in [0.1, 0.15) is 44.3 Å². The fourth-order valence-corrected chi connectivity index (χ4v) is 1.65. The van der Waals surface area contributed by atoms with Gasteiger partial charge in [-0.3, -0.25) is 4.98 Å². The summed E-state index contributed by atoms with van der Waals surface area (Å²) in [6.45, 7) is 3.47. The Morgan fingerprint density at radius 2 is 2.06 bits per heavy atom. The van der Waals surface area contributed by atoms with Crippen molar-refractivity contribution in [3.05, 3.63) is 30.1 Å². The van der Waals surface area contributed by atoms with E-state index < -0.39 is 0 Å². The summed E-state index contributed by atoms with van der Waals surface area (Å²) in [6.07, 6.45) is 6.22. The SMILES string of the molecule is CC(NCCCCCCO)c1ccccn1. The quantitative estimate of drug-likeness (QED) is 0.663. The molecule has 1 atom stereocenters. The Bertz CT molecular complexity index is 264. The van der Waals surface area contributed by atoms with Gasteiger partial charge >= 0.3 is 0 Å². The number of hydrogen-bond donors (Lipinski definition) is 2. The molecule has 1 heterocycles. The van der Waals surface area contributed by atoms with Crippen molar-refractivity contribution in [3.63, 3.8) is 0 Å². The number of unbranched alkanes of at least 4 members (excludes halogenated alkanes) is 3. The molecule has 90 valence electrons. The van der Waals surface area contributed by atoms with Crippen molar-refractivity contribution < 1.29 is 5.11 Å². The zero-order valence-electron chi connectivity index (χ0n) is 10.0. The maximum Gasteiger partial charge on any atom is 0.0570 e. The third kappa shape index (κ3) is 5.24. The Labute approximate surface area is 97.9 Å². The molecule has 0 saturated heterocycles. The monoisotopic (exact) mass is 222 g/mol. The highest BCUT2D eigenvalue weighted by Gasteiger charge is 2.03. The number of pyridine rings is 1. The van der Waals surface area contributed by atoms with Crippen molar-refractivity contribution in [1.29, 1.82) is 0 Å². The molecule has 3 heteroatoms. The normalized spacial score (nSPS) is 12.6. The van der Waals surface area contributed by atoms with Crippen molar-refractivity contribution in [2.24, 2.45) is 0 Å². The van der Waals surface area contributed by atoms with Crippen molar-refractivity contribution in [3.8, 4) is 0 Å². The molecular formula is C13H22N2O. The van der Waals surface area contributed by atoms with Crippen molar-refractivity contribution >= 4 is 0 Å². The lowest BCUT2D eigenvalue weighted by Gasteiger charge is -2.12.